The number of hydrogen-bond donors (Lipinski definition) is 2. The molecule has 1 aromatic heterocycles. The Balaban J connectivity index is 1.11. The Kier molecular flexibility index (Phi) is 5.45. The summed E-state index contributed by atoms with van der Waals surface area (Å²) in [6.45, 7) is 0. The van der Waals surface area contributed by atoms with Crippen LogP contribution < -0.4 is 10.7 Å². The standard InChI is InChI=1S/C45H22N2O5/c48-41-25-6-1-3-8-27(25)44(51)38-30(41)10-5-11-34(38)46-21-12-13-29-33(20-21)23-18-19-35-37-22(14-16-31(36(23)37)43(29)50)24-15-17-32-39(40(24)47-35)45(52)28-9-4-2-7-26(28)42(32)49/h1-20,46-47H. The molecule has 0 saturated carbocycles. The normalized spacial score (nSPS) is 13.6. The van der Waals surface area contributed by atoms with Crippen LogP contribution in [0.4, 0.5) is 11.4 Å². The van der Waals surface area contributed by atoms with E-state index < -0.39 is 0 Å². The van der Waals surface area contributed by atoms with Crippen molar-refractivity contribution in [2.24, 2.45) is 0 Å². The second kappa shape index (κ2) is 9.93. The van der Waals surface area contributed by atoms with Gasteiger partial charge in [0, 0.05) is 71.5 Å². The van der Waals surface area contributed by atoms with Gasteiger partial charge in [-0.05, 0) is 58.6 Å². The molecule has 2 aliphatic rings. The van der Waals surface area contributed by atoms with Gasteiger partial charge in [-0.25, -0.2) is 0 Å². The lowest BCUT2D eigenvalue weighted by Gasteiger charge is -2.21. The van der Waals surface area contributed by atoms with E-state index in [9.17, 15) is 24.0 Å². The number of hydrogen-bond acceptors (Lipinski definition) is 6. The molecule has 7 heteroatoms. The van der Waals surface area contributed by atoms with Crippen LogP contribution in [0.25, 0.3) is 54.1 Å². The molecular formula is C45H22N2O5. The maximum atomic E-state index is 14.1. The smallest absolute Gasteiger partial charge is 0.196 e. The topological polar surface area (TPSA) is 113 Å². The van der Waals surface area contributed by atoms with Gasteiger partial charge in [-0.2, -0.15) is 0 Å². The molecule has 0 amide bonds. The first-order valence-electron chi connectivity index (χ1n) is 16.9. The van der Waals surface area contributed by atoms with Gasteiger partial charge in [0.15, 0.2) is 28.6 Å². The summed E-state index contributed by atoms with van der Waals surface area (Å²) >= 11 is 0. The van der Waals surface area contributed by atoms with Crippen LogP contribution in [0.15, 0.2) is 126 Å². The first-order chi connectivity index (χ1) is 25.4. The molecule has 7 nitrogen and oxygen atoms in total. The first-order valence-corrected chi connectivity index (χ1v) is 16.9. The van der Waals surface area contributed by atoms with Gasteiger partial charge < -0.3 is 10.3 Å². The van der Waals surface area contributed by atoms with Crippen LogP contribution >= 0.6 is 0 Å². The number of aromatic amines is 1. The van der Waals surface area contributed by atoms with Crippen molar-refractivity contribution in [1.82, 2.24) is 4.98 Å². The van der Waals surface area contributed by atoms with Crippen molar-refractivity contribution in [3.8, 4) is 0 Å². The monoisotopic (exact) mass is 670 g/mol. The summed E-state index contributed by atoms with van der Waals surface area (Å²) in [5.41, 5.74) is 5.30. The Labute approximate surface area is 293 Å². The number of H-pyrrole nitrogens is 1. The highest BCUT2D eigenvalue weighted by Gasteiger charge is 2.33. The molecule has 2 aliphatic carbocycles. The highest BCUT2D eigenvalue weighted by Crippen LogP contribution is 2.42. The van der Waals surface area contributed by atoms with E-state index in [0.29, 0.717) is 72.2 Å². The predicted octanol–water partition coefficient (Wildman–Crippen LogP) is 8.87. The summed E-state index contributed by atoms with van der Waals surface area (Å²) in [6.07, 6.45) is 0. The molecule has 0 aliphatic heterocycles. The second-order valence-electron chi connectivity index (χ2n) is 13.5. The predicted molar refractivity (Wildman–Crippen MR) is 202 cm³/mol. The third kappa shape index (κ3) is 3.56. The fourth-order valence-electron chi connectivity index (χ4n) is 8.51. The lowest BCUT2D eigenvalue weighted by atomic mass is 9.82. The van der Waals surface area contributed by atoms with Gasteiger partial charge in [0.1, 0.15) is 0 Å². The fraction of sp³-hybridized carbons (Fsp3) is 0. The summed E-state index contributed by atoms with van der Waals surface area (Å²) in [4.78, 5) is 72.0. The third-order valence-electron chi connectivity index (χ3n) is 10.8. The number of rotatable bonds is 2. The number of benzene rings is 8. The van der Waals surface area contributed by atoms with E-state index >= 15 is 0 Å². The van der Waals surface area contributed by atoms with Crippen molar-refractivity contribution >= 4 is 88.6 Å². The van der Waals surface area contributed by atoms with E-state index in [1.807, 2.05) is 42.5 Å². The Morgan fingerprint density at radius 1 is 0.404 bits per heavy atom. The number of nitrogens with one attached hydrogen (secondary N) is 2. The van der Waals surface area contributed by atoms with Crippen LogP contribution in [0.3, 0.4) is 0 Å². The van der Waals surface area contributed by atoms with E-state index in [1.165, 1.54) is 0 Å². The quantitative estimate of drug-likeness (QED) is 0.140. The number of pyridine rings is 1. The number of carbonyl (C=O) groups excluding carboxylic acids is 4. The Bertz CT molecular complexity index is 3260. The first kappa shape index (κ1) is 28.6. The molecule has 2 N–H and O–H groups in total. The molecule has 0 radical (unpaired) electrons. The van der Waals surface area contributed by atoms with Crippen molar-refractivity contribution < 1.29 is 19.2 Å². The molecule has 1 heterocycles. The summed E-state index contributed by atoms with van der Waals surface area (Å²) in [7, 11) is 0. The SMILES string of the molecule is O=C1c2ccccc2C(=O)c2c(Nc3ccc4c(=O)c5ccc6c7ccc8c(c7[nH]c7ccc(c4c3)c5c76)C(=O)c3ccccc3C8=O)cccc21. The van der Waals surface area contributed by atoms with Crippen molar-refractivity contribution in [1.29, 1.82) is 0 Å². The highest BCUT2D eigenvalue weighted by molar-refractivity contribution is 6.36. The fourth-order valence-corrected chi connectivity index (χ4v) is 8.51. The number of anilines is 2. The maximum absolute atomic E-state index is 14.1. The average Bonchev–Trinajstić information content (AvgIpc) is 3.18. The maximum Gasteiger partial charge on any atom is 0.196 e. The van der Waals surface area contributed by atoms with Crippen LogP contribution in [0.1, 0.15) is 63.7 Å². The minimum atomic E-state index is -0.223. The van der Waals surface area contributed by atoms with Crippen molar-refractivity contribution in [2.75, 3.05) is 5.32 Å². The number of ketones is 4. The van der Waals surface area contributed by atoms with Gasteiger partial charge in [0.25, 0.3) is 0 Å². The van der Waals surface area contributed by atoms with E-state index in [2.05, 4.69) is 10.3 Å². The Morgan fingerprint density at radius 3 is 1.69 bits per heavy atom. The minimum Gasteiger partial charge on any atom is -0.355 e. The van der Waals surface area contributed by atoms with Gasteiger partial charge in [-0.15, -0.1) is 0 Å². The van der Waals surface area contributed by atoms with Crippen LogP contribution in [-0.2, 0) is 0 Å². The molecular weight excluding hydrogens is 649 g/mol. The molecule has 242 valence electrons. The molecule has 0 bridgehead atoms. The van der Waals surface area contributed by atoms with Crippen LogP contribution in [0.2, 0.25) is 0 Å². The molecule has 0 atom stereocenters. The van der Waals surface area contributed by atoms with E-state index in [-0.39, 0.29) is 28.6 Å². The van der Waals surface area contributed by atoms with E-state index in [4.69, 9.17) is 0 Å². The van der Waals surface area contributed by atoms with Crippen molar-refractivity contribution in [2.45, 2.75) is 0 Å². The van der Waals surface area contributed by atoms with Crippen molar-refractivity contribution in [3.05, 3.63) is 176 Å². The van der Waals surface area contributed by atoms with Gasteiger partial charge >= 0.3 is 0 Å². The molecule has 0 fully saturated rings. The highest BCUT2D eigenvalue weighted by atomic mass is 16.1. The van der Waals surface area contributed by atoms with Crippen molar-refractivity contribution in [3.63, 3.8) is 0 Å². The average molecular weight is 671 g/mol. The number of aromatic nitrogens is 1. The summed E-state index contributed by atoms with van der Waals surface area (Å²) in [5, 5.41) is 9.40. The zero-order valence-corrected chi connectivity index (χ0v) is 27.1. The molecule has 0 saturated heterocycles. The zero-order chi connectivity index (χ0) is 35.0. The van der Waals surface area contributed by atoms with E-state index in [1.54, 1.807) is 78.9 Å². The molecule has 11 rings (SSSR count). The van der Waals surface area contributed by atoms with Gasteiger partial charge in [0.2, 0.25) is 0 Å². The lowest BCUT2D eigenvalue weighted by Crippen LogP contribution is -2.22. The molecule has 0 unspecified atom stereocenters. The van der Waals surface area contributed by atoms with Gasteiger partial charge in [-0.1, -0.05) is 78.9 Å². The van der Waals surface area contributed by atoms with Crippen LogP contribution in [-0.4, -0.2) is 28.1 Å². The molecule has 9 aromatic rings. The minimum absolute atomic E-state index is 0.110. The Morgan fingerprint density at radius 2 is 0.962 bits per heavy atom. The van der Waals surface area contributed by atoms with Crippen LogP contribution in [0.5, 0.6) is 0 Å². The molecule has 52 heavy (non-hydrogen) atoms. The third-order valence-corrected chi connectivity index (χ3v) is 10.8. The summed E-state index contributed by atoms with van der Waals surface area (Å²) < 4.78 is 0. The summed E-state index contributed by atoms with van der Waals surface area (Å²) in [6, 6.07) is 35.8. The number of carbonyl (C=O) groups is 4. The second-order valence-corrected chi connectivity index (χ2v) is 13.5. The van der Waals surface area contributed by atoms with Gasteiger partial charge in [0.05, 0.1) is 22.3 Å². The number of fused-ring (bicyclic) bond motifs is 9. The molecule has 8 aromatic carbocycles. The largest absolute Gasteiger partial charge is 0.355 e. The summed E-state index contributed by atoms with van der Waals surface area (Å²) in [5.74, 6) is -0.811. The van der Waals surface area contributed by atoms with E-state index in [0.717, 1.165) is 37.8 Å². The van der Waals surface area contributed by atoms with Gasteiger partial charge in [-0.3, -0.25) is 24.0 Å². The molecule has 0 spiro atoms. The Hall–Kier alpha value is -7.25. The zero-order valence-electron chi connectivity index (χ0n) is 27.1. The lowest BCUT2D eigenvalue weighted by molar-refractivity contribution is 0.0979. The van der Waals surface area contributed by atoms with Crippen LogP contribution in [0, 0.1) is 0 Å².